The molecule has 3 fully saturated rings. The molecule has 7 rings (SSSR count). The highest BCUT2D eigenvalue weighted by atomic mass is 35.5. The third-order valence-electron chi connectivity index (χ3n) is 10.7. The summed E-state index contributed by atoms with van der Waals surface area (Å²) in [5.74, 6) is 0.0727. The Hall–Kier alpha value is -3.87. The zero-order chi connectivity index (χ0) is 36.4. The molecule has 0 aliphatic carbocycles. The van der Waals surface area contributed by atoms with Crippen molar-refractivity contribution in [3.8, 4) is 6.01 Å². The van der Waals surface area contributed by atoms with Gasteiger partial charge in [-0.05, 0) is 83.4 Å². The highest BCUT2D eigenvalue weighted by Crippen LogP contribution is 2.39. The number of aliphatic carboxylic acids is 1. The number of carbonyl (C=O) groups excluding carboxylic acids is 1. The second-order valence-electron chi connectivity index (χ2n) is 15.5. The SMILES string of the molecule is CC(C)(C)OC(=O)N1C2CCC1CN(c1nc(OCC3CCCN3CCCOCCC(=O)O)nc3c1CCN(c1cccc4cccc(Cl)c14)C3)C2. The van der Waals surface area contributed by atoms with Crippen molar-refractivity contribution in [3.63, 3.8) is 0 Å². The van der Waals surface area contributed by atoms with E-state index >= 15 is 0 Å². The molecule has 4 aliphatic heterocycles. The van der Waals surface area contributed by atoms with E-state index in [2.05, 4.69) is 39.0 Å². The van der Waals surface area contributed by atoms with Crippen molar-refractivity contribution < 1.29 is 28.9 Å². The van der Waals surface area contributed by atoms with Crippen LogP contribution in [0.2, 0.25) is 5.02 Å². The predicted molar refractivity (Wildman–Crippen MR) is 201 cm³/mol. The van der Waals surface area contributed by atoms with E-state index in [0.717, 1.165) is 96.7 Å². The molecule has 4 aliphatic rings. The first-order valence-corrected chi connectivity index (χ1v) is 19.2. The molecule has 3 unspecified atom stereocenters. The van der Waals surface area contributed by atoms with E-state index in [1.165, 1.54) is 0 Å². The maximum Gasteiger partial charge on any atom is 0.410 e. The van der Waals surface area contributed by atoms with Gasteiger partial charge in [-0.15, -0.1) is 0 Å². The molecular weight excluding hydrogens is 684 g/mol. The Morgan fingerprint density at radius 3 is 2.50 bits per heavy atom. The van der Waals surface area contributed by atoms with E-state index in [9.17, 15) is 9.59 Å². The third-order valence-corrected chi connectivity index (χ3v) is 11.0. The van der Waals surface area contributed by atoms with Crippen molar-refractivity contribution in [2.75, 3.05) is 62.3 Å². The van der Waals surface area contributed by atoms with Gasteiger partial charge in [-0.25, -0.2) is 4.79 Å². The number of halogens is 1. The molecule has 0 radical (unpaired) electrons. The Labute approximate surface area is 311 Å². The van der Waals surface area contributed by atoms with Crippen LogP contribution < -0.4 is 14.5 Å². The Kier molecular flexibility index (Phi) is 11.0. The fraction of sp³-hybridized carbons (Fsp3) is 0.590. The van der Waals surface area contributed by atoms with Crippen molar-refractivity contribution in [2.45, 2.75) is 96.0 Å². The summed E-state index contributed by atoms with van der Waals surface area (Å²) >= 11 is 6.77. The van der Waals surface area contributed by atoms with Crippen LogP contribution in [0.15, 0.2) is 36.4 Å². The van der Waals surface area contributed by atoms with Crippen LogP contribution in [0.1, 0.15) is 70.6 Å². The van der Waals surface area contributed by atoms with Gasteiger partial charge in [0.25, 0.3) is 0 Å². The molecule has 12 nitrogen and oxygen atoms in total. The first-order valence-electron chi connectivity index (χ1n) is 18.8. The third kappa shape index (κ3) is 8.19. The van der Waals surface area contributed by atoms with Crippen LogP contribution in [0.5, 0.6) is 6.01 Å². The van der Waals surface area contributed by atoms with Gasteiger partial charge in [0, 0.05) is 55.5 Å². The van der Waals surface area contributed by atoms with E-state index in [1.807, 2.05) is 37.8 Å². The standard InChI is InChI=1S/C39H51ClN6O6/c1-39(2,3)52-38(49)46-27-13-14-28(46)23-45(22-27)36-30-15-19-44(33-12-5-9-26-8-4-11-31(40)35(26)33)24-32(30)41-37(42-36)51-25-29-10-6-17-43(29)18-7-20-50-21-16-34(47)48/h4-5,8-9,11-12,27-29H,6-7,10,13-25H2,1-3H3,(H,47,48). The molecule has 1 amide bonds. The van der Waals surface area contributed by atoms with Crippen molar-refractivity contribution in [3.05, 3.63) is 52.7 Å². The average Bonchev–Trinajstić information content (AvgIpc) is 3.67. The van der Waals surface area contributed by atoms with Gasteiger partial charge in [-0.3, -0.25) is 14.6 Å². The smallest absolute Gasteiger partial charge is 0.410 e. The van der Waals surface area contributed by atoms with Crippen LogP contribution in [0.4, 0.5) is 16.3 Å². The zero-order valence-corrected chi connectivity index (χ0v) is 31.3. The molecule has 2 aromatic carbocycles. The number of anilines is 2. The predicted octanol–water partition coefficient (Wildman–Crippen LogP) is 6.16. The molecule has 1 aromatic heterocycles. The normalized spacial score (nSPS) is 21.8. The number of fused-ring (bicyclic) bond motifs is 4. The van der Waals surface area contributed by atoms with Crippen LogP contribution in [-0.2, 0) is 27.2 Å². The van der Waals surface area contributed by atoms with Crippen molar-refractivity contribution in [2.24, 2.45) is 0 Å². The number of carbonyl (C=O) groups is 2. The average molecular weight is 735 g/mol. The molecular formula is C39H51ClN6O6. The Bertz CT molecular complexity index is 1750. The minimum Gasteiger partial charge on any atom is -0.481 e. The maximum atomic E-state index is 13.3. The van der Waals surface area contributed by atoms with E-state index in [4.69, 9.17) is 40.9 Å². The molecule has 0 saturated carbocycles. The van der Waals surface area contributed by atoms with Gasteiger partial charge in [0.1, 0.15) is 18.0 Å². The van der Waals surface area contributed by atoms with Crippen molar-refractivity contribution in [1.29, 1.82) is 0 Å². The fourth-order valence-corrected chi connectivity index (χ4v) is 8.61. The monoisotopic (exact) mass is 734 g/mol. The number of ether oxygens (including phenoxy) is 3. The lowest BCUT2D eigenvalue weighted by atomic mass is 10.0. The summed E-state index contributed by atoms with van der Waals surface area (Å²) in [4.78, 5) is 43.3. The van der Waals surface area contributed by atoms with Crippen LogP contribution in [0.3, 0.4) is 0 Å². The lowest BCUT2D eigenvalue weighted by Crippen LogP contribution is -2.57. The summed E-state index contributed by atoms with van der Waals surface area (Å²) in [6.45, 7) is 11.6. The van der Waals surface area contributed by atoms with Crippen molar-refractivity contribution >= 4 is 45.9 Å². The van der Waals surface area contributed by atoms with Gasteiger partial charge < -0.3 is 29.1 Å². The lowest BCUT2D eigenvalue weighted by Gasteiger charge is -2.43. The number of rotatable bonds is 12. The number of amides is 1. The second-order valence-corrected chi connectivity index (χ2v) is 15.9. The highest BCUT2D eigenvalue weighted by Gasteiger charge is 2.45. The number of benzene rings is 2. The number of likely N-dealkylation sites (tertiary alicyclic amines) is 1. The molecule has 3 atom stereocenters. The maximum absolute atomic E-state index is 13.3. The van der Waals surface area contributed by atoms with Crippen LogP contribution >= 0.6 is 11.6 Å². The molecule has 0 spiro atoms. The number of aromatic nitrogens is 2. The zero-order valence-electron chi connectivity index (χ0n) is 30.6. The first-order chi connectivity index (χ1) is 25.0. The minimum absolute atomic E-state index is 0.0249. The van der Waals surface area contributed by atoms with Crippen LogP contribution in [-0.4, -0.2) is 113 Å². The minimum atomic E-state index is -0.842. The Morgan fingerprint density at radius 2 is 1.75 bits per heavy atom. The molecule has 13 heteroatoms. The summed E-state index contributed by atoms with van der Waals surface area (Å²) in [6, 6.07) is 13.1. The van der Waals surface area contributed by atoms with Gasteiger partial charge in [0.05, 0.1) is 42.4 Å². The fourth-order valence-electron chi connectivity index (χ4n) is 8.33. The number of nitrogens with zero attached hydrogens (tertiary/aromatic N) is 6. The number of piperazine rings is 1. The molecule has 1 N–H and O–H groups in total. The molecule has 3 saturated heterocycles. The summed E-state index contributed by atoms with van der Waals surface area (Å²) in [5, 5.41) is 11.7. The topological polar surface area (TPSA) is 121 Å². The van der Waals surface area contributed by atoms with Gasteiger partial charge >= 0.3 is 18.1 Å². The van der Waals surface area contributed by atoms with Crippen LogP contribution in [0.25, 0.3) is 10.8 Å². The highest BCUT2D eigenvalue weighted by molar-refractivity contribution is 6.36. The summed E-state index contributed by atoms with van der Waals surface area (Å²) in [6.07, 6.45) is 5.41. The first kappa shape index (κ1) is 36.5. The van der Waals surface area contributed by atoms with Crippen molar-refractivity contribution in [1.82, 2.24) is 19.8 Å². The Morgan fingerprint density at radius 1 is 0.981 bits per heavy atom. The lowest BCUT2D eigenvalue weighted by molar-refractivity contribution is -0.138. The van der Waals surface area contributed by atoms with E-state index < -0.39 is 11.6 Å². The quantitative estimate of drug-likeness (QED) is 0.216. The van der Waals surface area contributed by atoms with Gasteiger partial charge in [-0.1, -0.05) is 35.9 Å². The van der Waals surface area contributed by atoms with E-state index in [-0.39, 0.29) is 37.2 Å². The molecule has 52 heavy (non-hydrogen) atoms. The number of hydrogen-bond donors (Lipinski definition) is 1. The van der Waals surface area contributed by atoms with Crippen LogP contribution in [0, 0.1) is 0 Å². The largest absolute Gasteiger partial charge is 0.481 e. The molecule has 3 aromatic rings. The molecule has 2 bridgehead atoms. The Balaban J connectivity index is 1.11. The summed E-state index contributed by atoms with van der Waals surface area (Å²) in [5.41, 5.74) is 2.65. The van der Waals surface area contributed by atoms with Gasteiger partial charge in [0.2, 0.25) is 0 Å². The summed E-state index contributed by atoms with van der Waals surface area (Å²) in [7, 11) is 0. The van der Waals surface area contributed by atoms with E-state index in [1.54, 1.807) is 0 Å². The molecule has 5 heterocycles. The number of carboxylic acid groups (broad SMARTS) is 1. The number of hydrogen-bond acceptors (Lipinski definition) is 10. The van der Waals surface area contributed by atoms with Gasteiger partial charge in [0.15, 0.2) is 0 Å². The number of carboxylic acids is 1. The second kappa shape index (κ2) is 15.6. The summed E-state index contributed by atoms with van der Waals surface area (Å²) < 4.78 is 17.8. The molecule has 280 valence electrons. The van der Waals surface area contributed by atoms with Gasteiger partial charge in [-0.2, -0.15) is 9.97 Å². The van der Waals surface area contributed by atoms with E-state index in [0.29, 0.717) is 38.9 Å².